The van der Waals surface area contributed by atoms with Crippen molar-refractivity contribution in [3.63, 3.8) is 0 Å². The fourth-order valence-corrected chi connectivity index (χ4v) is 3.08. The summed E-state index contributed by atoms with van der Waals surface area (Å²) in [6.45, 7) is 0. The molecule has 2 aromatic heterocycles. The van der Waals surface area contributed by atoms with Crippen LogP contribution in [0.1, 0.15) is 10.4 Å². The zero-order valence-corrected chi connectivity index (χ0v) is 12.7. The number of nitrogens with one attached hydrogen (secondary N) is 1. The van der Waals surface area contributed by atoms with Gasteiger partial charge in [0.2, 0.25) is 0 Å². The molecule has 0 radical (unpaired) electrons. The summed E-state index contributed by atoms with van der Waals surface area (Å²) < 4.78 is 6.33. The molecule has 106 valence electrons. The smallest absolute Gasteiger partial charge is 0.322 e. The highest BCUT2D eigenvalue weighted by molar-refractivity contribution is 7.20. The van der Waals surface area contributed by atoms with Crippen molar-refractivity contribution in [3.8, 4) is 11.5 Å². The van der Waals surface area contributed by atoms with Crippen molar-refractivity contribution < 1.29 is 9.21 Å². The van der Waals surface area contributed by atoms with Crippen molar-refractivity contribution in [2.75, 3.05) is 5.32 Å². The van der Waals surface area contributed by atoms with Crippen molar-refractivity contribution in [1.29, 1.82) is 0 Å². The first kappa shape index (κ1) is 14.1. The van der Waals surface area contributed by atoms with Crippen LogP contribution in [0.25, 0.3) is 11.5 Å². The molecule has 0 aliphatic rings. The summed E-state index contributed by atoms with van der Waals surface area (Å²) in [6.07, 6.45) is 0. The lowest BCUT2D eigenvalue weighted by molar-refractivity contribution is 0.102. The Morgan fingerprint density at radius 3 is 2.62 bits per heavy atom. The number of nitrogens with zero attached hydrogens (tertiary/aromatic N) is 2. The van der Waals surface area contributed by atoms with Crippen LogP contribution in [0.5, 0.6) is 0 Å². The quantitative estimate of drug-likeness (QED) is 0.769. The highest BCUT2D eigenvalue weighted by atomic mass is 35.5. The van der Waals surface area contributed by atoms with Crippen molar-refractivity contribution in [3.05, 3.63) is 50.6 Å². The summed E-state index contributed by atoms with van der Waals surface area (Å²) >= 11 is 13.1. The van der Waals surface area contributed by atoms with Gasteiger partial charge in [-0.25, -0.2) is 0 Å². The molecule has 0 saturated heterocycles. The lowest BCUT2D eigenvalue weighted by Crippen LogP contribution is -2.11. The van der Waals surface area contributed by atoms with Crippen molar-refractivity contribution in [2.24, 2.45) is 0 Å². The average molecular weight is 340 g/mol. The highest BCUT2D eigenvalue weighted by Crippen LogP contribution is 2.37. The lowest BCUT2D eigenvalue weighted by atomic mass is 10.2. The Kier molecular flexibility index (Phi) is 3.92. The topological polar surface area (TPSA) is 68.0 Å². The number of carbonyl (C=O) groups is 1. The summed E-state index contributed by atoms with van der Waals surface area (Å²) in [5, 5.41) is 10.1. The normalized spacial score (nSPS) is 10.6. The molecule has 8 heteroatoms. The number of benzene rings is 1. The van der Waals surface area contributed by atoms with Gasteiger partial charge in [-0.15, -0.1) is 16.4 Å². The van der Waals surface area contributed by atoms with Crippen LogP contribution in [0.4, 0.5) is 6.01 Å². The molecule has 1 aromatic carbocycles. The van der Waals surface area contributed by atoms with E-state index in [1.165, 1.54) is 11.3 Å². The number of hydrogen-bond acceptors (Lipinski definition) is 5. The maximum absolute atomic E-state index is 11.9. The fraction of sp³-hybridized carbons (Fsp3) is 0. The zero-order chi connectivity index (χ0) is 14.8. The SMILES string of the molecule is O=C(Nc1nnc(-c2cc(Cl)sc2Cl)o1)c1ccccc1. The highest BCUT2D eigenvalue weighted by Gasteiger charge is 2.16. The minimum atomic E-state index is -0.333. The summed E-state index contributed by atoms with van der Waals surface area (Å²) in [6, 6.07) is 10.3. The summed E-state index contributed by atoms with van der Waals surface area (Å²) in [4.78, 5) is 11.9. The van der Waals surface area contributed by atoms with E-state index in [1.54, 1.807) is 30.3 Å². The van der Waals surface area contributed by atoms with Crippen LogP contribution in [0, 0.1) is 0 Å². The second-order valence-corrected chi connectivity index (χ2v) is 6.26. The van der Waals surface area contributed by atoms with Crippen LogP contribution >= 0.6 is 34.5 Å². The van der Waals surface area contributed by atoms with Crippen molar-refractivity contribution in [1.82, 2.24) is 10.2 Å². The molecule has 0 atom stereocenters. The first-order valence-corrected chi connectivity index (χ1v) is 7.36. The molecule has 0 saturated carbocycles. The second kappa shape index (κ2) is 5.85. The molecular weight excluding hydrogens is 333 g/mol. The number of anilines is 1. The molecule has 0 aliphatic carbocycles. The van der Waals surface area contributed by atoms with Gasteiger partial charge >= 0.3 is 6.01 Å². The van der Waals surface area contributed by atoms with Gasteiger partial charge in [0.25, 0.3) is 11.8 Å². The zero-order valence-electron chi connectivity index (χ0n) is 10.3. The first-order chi connectivity index (χ1) is 10.1. The molecule has 0 fully saturated rings. The maximum atomic E-state index is 11.9. The van der Waals surface area contributed by atoms with Crippen LogP contribution in [-0.2, 0) is 0 Å². The van der Waals surface area contributed by atoms with E-state index in [-0.39, 0.29) is 17.8 Å². The van der Waals surface area contributed by atoms with Crippen molar-refractivity contribution >= 4 is 46.5 Å². The minimum Gasteiger partial charge on any atom is -0.403 e. The van der Waals surface area contributed by atoms with Crippen LogP contribution in [0.3, 0.4) is 0 Å². The van der Waals surface area contributed by atoms with Gasteiger partial charge in [-0.1, -0.05) is 46.5 Å². The summed E-state index contributed by atoms with van der Waals surface area (Å²) in [7, 11) is 0. The van der Waals surface area contributed by atoms with Gasteiger partial charge in [0.1, 0.15) is 4.34 Å². The van der Waals surface area contributed by atoms with Gasteiger partial charge in [0.15, 0.2) is 0 Å². The predicted octanol–water partition coefficient (Wildman–Crippen LogP) is 4.36. The number of carbonyl (C=O) groups excluding carboxylic acids is 1. The Bertz CT molecular complexity index is 786. The molecule has 0 bridgehead atoms. The molecule has 1 N–H and O–H groups in total. The summed E-state index contributed by atoms with van der Waals surface area (Å²) in [5.74, 6) is -0.133. The van der Waals surface area contributed by atoms with Gasteiger partial charge < -0.3 is 4.42 Å². The third-order valence-corrected chi connectivity index (χ3v) is 4.06. The van der Waals surface area contributed by atoms with Crippen LogP contribution in [0.2, 0.25) is 8.67 Å². The predicted molar refractivity (Wildman–Crippen MR) is 82.0 cm³/mol. The molecule has 3 aromatic rings. The minimum absolute atomic E-state index is 0.00255. The Hall–Kier alpha value is -1.89. The molecule has 0 aliphatic heterocycles. The Morgan fingerprint density at radius 2 is 1.95 bits per heavy atom. The molecule has 0 spiro atoms. The number of aromatic nitrogens is 2. The van der Waals surface area contributed by atoms with Crippen molar-refractivity contribution in [2.45, 2.75) is 0 Å². The van der Waals surface area contributed by atoms with E-state index in [0.29, 0.717) is 19.8 Å². The van der Waals surface area contributed by atoms with E-state index < -0.39 is 0 Å². The van der Waals surface area contributed by atoms with E-state index in [1.807, 2.05) is 6.07 Å². The van der Waals surface area contributed by atoms with E-state index >= 15 is 0 Å². The van der Waals surface area contributed by atoms with E-state index in [9.17, 15) is 4.79 Å². The van der Waals surface area contributed by atoms with Gasteiger partial charge in [0.05, 0.1) is 9.90 Å². The first-order valence-electron chi connectivity index (χ1n) is 5.78. The van der Waals surface area contributed by atoms with E-state index in [4.69, 9.17) is 27.6 Å². The van der Waals surface area contributed by atoms with Gasteiger partial charge in [-0.3, -0.25) is 10.1 Å². The monoisotopic (exact) mass is 339 g/mol. The third kappa shape index (κ3) is 3.07. The van der Waals surface area contributed by atoms with Crippen LogP contribution < -0.4 is 5.32 Å². The number of hydrogen-bond donors (Lipinski definition) is 1. The molecule has 0 unspecified atom stereocenters. The number of thiophene rings is 1. The number of halogens is 2. The Labute approximate surface area is 133 Å². The molecular formula is C13H7Cl2N3O2S. The van der Waals surface area contributed by atoms with E-state index in [0.717, 1.165) is 0 Å². The van der Waals surface area contributed by atoms with Crippen LogP contribution in [0.15, 0.2) is 40.8 Å². The third-order valence-electron chi connectivity index (χ3n) is 2.57. The standard InChI is InChI=1S/C13H7Cl2N3O2S/c14-9-6-8(10(15)21-9)12-17-18-13(20-12)16-11(19)7-4-2-1-3-5-7/h1-6H,(H,16,18,19). The van der Waals surface area contributed by atoms with Gasteiger partial charge in [0, 0.05) is 5.56 Å². The van der Waals surface area contributed by atoms with E-state index in [2.05, 4.69) is 15.5 Å². The van der Waals surface area contributed by atoms with Gasteiger partial charge in [-0.05, 0) is 18.2 Å². The average Bonchev–Trinajstić information content (AvgIpc) is 3.06. The second-order valence-electron chi connectivity index (χ2n) is 3.97. The molecule has 21 heavy (non-hydrogen) atoms. The van der Waals surface area contributed by atoms with Gasteiger partial charge in [-0.2, -0.15) is 0 Å². The number of rotatable bonds is 3. The van der Waals surface area contributed by atoms with Crippen LogP contribution in [-0.4, -0.2) is 16.1 Å². The lowest BCUT2D eigenvalue weighted by Gasteiger charge is -1.99. The molecule has 1 amide bonds. The molecule has 2 heterocycles. The molecule has 3 rings (SSSR count). The Balaban J connectivity index is 1.80. The fourth-order valence-electron chi connectivity index (χ4n) is 1.63. The maximum Gasteiger partial charge on any atom is 0.322 e. The largest absolute Gasteiger partial charge is 0.403 e. The Morgan fingerprint density at radius 1 is 1.19 bits per heavy atom. The molecule has 5 nitrogen and oxygen atoms in total. The summed E-state index contributed by atoms with van der Waals surface area (Å²) in [5.41, 5.74) is 1.04. The number of amides is 1.